The van der Waals surface area contributed by atoms with E-state index >= 15 is 0 Å². The Morgan fingerprint density at radius 3 is 2.78 bits per heavy atom. The third-order valence-electron chi connectivity index (χ3n) is 5.43. The highest BCUT2D eigenvalue weighted by Crippen LogP contribution is 2.31. The first kappa shape index (κ1) is 19.9. The second-order valence-corrected chi connectivity index (χ2v) is 8.12. The molecular weight excluding hydrogens is 340 g/mol. The molecule has 0 spiro atoms. The van der Waals surface area contributed by atoms with Crippen LogP contribution in [-0.4, -0.2) is 31.9 Å². The molecule has 7 heteroatoms. The van der Waals surface area contributed by atoms with Gasteiger partial charge in [0.25, 0.3) is 5.88 Å². The van der Waals surface area contributed by atoms with Crippen LogP contribution in [0, 0.1) is 5.92 Å². The Labute approximate surface area is 161 Å². The Kier molecular flexibility index (Phi) is 6.52. The number of aryl methyl sites for hydroxylation is 2. The molecule has 1 aliphatic carbocycles. The zero-order valence-corrected chi connectivity index (χ0v) is 16.9. The summed E-state index contributed by atoms with van der Waals surface area (Å²) in [6, 6.07) is 0.351. The van der Waals surface area contributed by atoms with Gasteiger partial charge >= 0.3 is 0 Å². The molecule has 0 unspecified atom stereocenters. The first-order chi connectivity index (χ1) is 13.0. The van der Waals surface area contributed by atoms with Crippen molar-refractivity contribution in [2.75, 3.05) is 5.73 Å². The van der Waals surface area contributed by atoms with Gasteiger partial charge in [0.05, 0.1) is 6.10 Å². The summed E-state index contributed by atoms with van der Waals surface area (Å²) in [5, 5.41) is 8.29. The summed E-state index contributed by atoms with van der Waals surface area (Å²) < 4.78 is 8.21. The Morgan fingerprint density at radius 1 is 1.26 bits per heavy atom. The van der Waals surface area contributed by atoms with Gasteiger partial charge in [0.2, 0.25) is 0 Å². The number of nitrogens with zero attached hydrogens (tertiary/aromatic N) is 4. The number of anilines is 1. The lowest BCUT2D eigenvalue weighted by molar-refractivity contribution is 0.232. The van der Waals surface area contributed by atoms with E-state index in [4.69, 9.17) is 21.2 Å². The molecule has 2 aromatic rings. The normalized spacial score (nSPS) is 20.5. The SMILES string of the molecule is CCCCc1nc2c(N)nnc(OC(C)C)c2n1CC[C@H]1CCC[C@H](N)C1. The summed E-state index contributed by atoms with van der Waals surface area (Å²) >= 11 is 0. The molecule has 0 amide bonds. The van der Waals surface area contributed by atoms with Crippen LogP contribution in [-0.2, 0) is 13.0 Å². The highest BCUT2D eigenvalue weighted by Gasteiger charge is 2.23. The number of hydrogen-bond acceptors (Lipinski definition) is 6. The van der Waals surface area contributed by atoms with Gasteiger partial charge in [-0.2, -0.15) is 0 Å². The number of fused-ring (bicyclic) bond motifs is 1. The predicted octanol–water partition coefficient (Wildman–Crippen LogP) is 3.45. The molecule has 1 saturated carbocycles. The largest absolute Gasteiger partial charge is 0.472 e. The van der Waals surface area contributed by atoms with Crippen LogP contribution in [0.15, 0.2) is 0 Å². The minimum absolute atomic E-state index is 0.0184. The van der Waals surface area contributed by atoms with E-state index in [-0.39, 0.29) is 6.10 Å². The van der Waals surface area contributed by atoms with E-state index in [9.17, 15) is 0 Å². The molecule has 0 radical (unpaired) electrons. The lowest BCUT2D eigenvalue weighted by Gasteiger charge is -2.27. The van der Waals surface area contributed by atoms with E-state index in [1.807, 2.05) is 13.8 Å². The van der Waals surface area contributed by atoms with Crippen LogP contribution in [0.2, 0.25) is 0 Å². The number of nitrogens with two attached hydrogens (primary N) is 2. The highest BCUT2D eigenvalue weighted by atomic mass is 16.5. The van der Waals surface area contributed by atoms with E-state index in [0.29, 0.717) is 29.2 Å². The zero-order chi connectivity index (χ0) is 19.4. The Bertz CT molecular complexity index is 757. The van der Waals surface area contributed by atoms with Crippen LogP contribution >= 0.6 is 0 Å². The smallest absolute Gasteiger partial charge is 0.260 e. The molecule has 150 valence electrons. The van der Waals surface area contributed by atoms with Crippen molar-refractivity contribution in [3.8, 4) is 5.88 Å². The maximum Gasteiger partial charge on any atom is 0.260 e. The summed E-state index contributed by atoms with van der Waals surface area (Å²) in [5.41, 5.74) is 13.9. The van der Waals surface area contributed by atoms with Crippen molar-refractivity contribution in [2.24, 2.45) is 11.7 Å². The first-order valence-electron chi connectivity index (χ1n) is 10.4. The molecule has 2 aromatic heterocycles. The van der Waals surface area contributed by atoms with Crippen molar-refractivity contribution in [3.63, 3.8) is 0 Å². The number of rotatable bonds is 8. The summed E-state index contributed by atoms with van der Waals surface area (Å²) in [7, 11) is 0. The monoisotopic (exact) mass is 374 g/mol. The van der Waals surface area contributed by atoms with Crippen LogP contribution in [0.4, 0.5) is 5.82 Å². The average molecular weight is 375 g/mol. The van der Waals surface area contributed by atoms with Crippen molar-refractivity contribution in [1.82, 2.24) is 19.7 Å². The third kappa shape index (κ3) is 4.69. The molecular formula is C20H34N6O. The van der Waals surface area contributed by atoms with Crippen molar-refractivity contribution in [1.29, 1.82) is 0 Å². The topological polar surface area (TPSA) is 105 Å². The minimum atomic E-state index is 0.0184. The molecule has 0 aliphatic heterocycles. The van der Waals surface area contributed by atoms with Gasteiger partial charge < -0.3 is 20.8 Å². The molecule has 0 aromatic carbocycles. The molecule has 1 aliphatic rings. The van der Waals surface area contributed by atoms with Gasteiger partial charge in [-0.15, -0.1) is 10.2 Å². The average Bonchev–Trinajstić information content (AvgIpc) is 3.00. The fourth-order valence-corrected chi connectivity index (χ4v) is 4.06. The fourth-order valence-electron chi connectivity index (χ4n) is 4.06. The quantitative estimate of drug-likeness (QED) is 0.733. The Morgan fingerprint density at radius 2 is 2.07 bits per heavy atom. The molecule has 2 heterocycles. The van der Waals surface area contributed by atoms with Crippen molar-refractivity contribution < 1.29 is 4.74 Å². The third-order valence-corrected chi connectivity index (χ3v) is 5.43. The second-order valence-electron chi connectivity index (χ2n) is 8.12. The van der Waals surface area contributed by atoms with Gasteiger partial charge in [-0.1, -0.05) is 26.2 Å². The summed E-state index contributed by atoms with van der Waals surface area (Å²) in [4.78, 5) is 4.83. The second kappa shape index (κ2) is 8.87. The standard InChI is InChI=1S/C20H34N6O/c1-4-5-9-16-23-17-18(20(27-13(2)3)25-24-19(17)22)26(16)11-10-14-7-6-8-15(21)12-14/h13-15H,4-12,21H2,1-3H3,(H2,22,24)/t14-,15+/m1/s1. The summed E-state index contributed by atoms with van der Waals surface area (Å²) in [6.07, 6.45) is 9.04. The molecule has 27 heavy (non-hydrogen) atoms. The lowest BCUT2D eigenvalue weighted by atomic mass is 9.84. The molecule has 3 rings (SSSR count). The molecule has 0 saturated heterocycles. The number of ether oxygens (including phenoxy) is 1. The van der Waals surface area contributed by atoms with E-state index in [0.717, 1.165) is 56.4 Å². The maximum atomic E-state index is 6.19. The molecule has 2 atom stereocenters. The van der Waals surface area contributed by atoms with Gasteiger partial charge in [0.15, 0.2) is 5.82 Å². The van der Waals surface area contributed by atoms with Gasteiger partial charge in [-0.25, -0.2) is 4.98 Å². The van der Waals surface area contributed by atoms with Crippen LogP contribution in [0.3, 0.4) is 0 Å². The number of hydrogen-bond donors (Lipinski definition) is 2. The predicted molar refractivity (Wildman–Crippen MR) is 109 cm³/mol. The molecule has 7 nitrogen and oxygen atoms in total. The van der Waals surface area contributed by atoms with Crippen LogP contribution in [0.1, 0.15) is 71.5 Å². The number of aromatic nitrogens is 4. The van der Waals surface area contributed by atoms with Crippen molar-refractivity contribution in [3.05, 3.63) is 5.82 Å². The van der Waals surface area contributed by atoms with Crippen molar-refractivity contribution in [2.45, 2.75) is 90.8 Å². The zero-order valence-electron chi connectivity index (χ0n) is 16.9. The van der Waals surface area contributed by atoms with Crippen LogP contribution < -0.4 is 16.2 Å². The summed E-state index contributed by atoms with van der Waals surface area (Å²) in [6.45, 7) is 7.08. The highest BCUT2D eigenvalue weighted by molar-refractivity contribution is 5.88. The van der Waals surface area contributed by atoms with Crippen LogP contribution in [0.25, 0.3) is 11.0 Å². The maximum absolute atomic E-state index is 6.19. The first-order valence-corrected chi connectivity index (χ1v) is 10.4. The van der Waals surface area contributed by atoms with Gasteiger partial charge in [0.1, 0.15) is 16.9 Å². The minimum Gasteiger partial charge on any atom is -0.472 e. The number of imidazole rings is 1. The molecule has 4 N–H and O–H groups in total. The molecule has 1 fully saturated rings. The van der Waals surface area contributed by atoms with Gasteiger partial charge in [-0.3, -0.25) is 0 Å². The number of nitrogen functional groups attached to an aromatic ring is 1. The van der Waals surface area contributed by atoms with Crippen molar-refractivity contribution >= 4 is 16.9 Å². The fraction of sp³-hybridized carbons (Fsp3) is 0.750. The van der Waals surface area contributed by atoms with E-state index in [1.54, 1.807) is 0 Å². The molecule has 0 bridgehead atoms. The van der Waals surface area contributed by atoms with Crippen LogP contribution in [0.5, 0.6) is 5.88 Å². The lowest BCUT2D eigenvalue weighted by Crippen LogP contribution is -2.28. The Hall–Kier alpha value is -1.89. The number of unbranched alkanes of at least 4 members (excludes halogenated alkanes) is 1. The summed E-state index contributed by atoms with van der Waals surface area (Å²) in [5.74, 6) is 2.64. The van der Waals surface area contributed by atoms with E-state index < -0.39 is 0 Å². The van der Waals surface area contributed by atoms with Gasteiger partial charge in [-0.05, 0) is 45.4 Å². The Balaban J connectivity index is 1.94. The van der Waals surface area contributed by atoms with Gasteiger partial charge in [0, 0.05) is 19.0 Å². The van der Waals surface area contributed by atoms with E-state index in [2.05, 4.69) is 21.7 Å². The van der Waals surface area contributed by atoms with E-state index in [1.165, 1.54) is 12.8 Å².